The zero-order valence-electron chi connectivity index (χ0n) is 21.7. The van der Waals surface area contributed by atoms with Crippen molar-refractivity contribution in [1.82, 2.24) is 0 Å². The lowest BCUT2D eigenvalue weighted by atomic mass is 9.93. The van der Waals surface area contributed by atoms with Gasteiger partial charge in [-0.05, 0) is 64.0 Å². The highest BCUT2D eigenvalue weighted by Crippen LogP contribution is 2.46. The van der Waals surface area contributed by atoms with Gasteiger partial charge < -0.3 is 23.0 Å². The summed E-state index contributed by atoms with van der Waals surface area (Å²) in [4.78, 5) is 23.6. The van der Waals surface area contributed by atoms with Gasteiger partial charge in [0.05, 0.1) is 0 Å². The molecule has 1 aliphatic carbocycles. The maximum Gasteiger partial charge on any atom is 0.534 e. The van der Waals surface area contributed by atoms with E-state index in [1.807, 2.05) is 0 Å². The molecule has 0 bridgehead atoms. The molecule has 0 radical (unpaired) electrons. The Hall–Kier alpha value is -3.59. The van der Waals surface area contributed by atoms with E-state index in [4.69, 9.17) is 8.92 Å². The first-order chi connectivity index (χ1) is 19.0. The first kappa shape index (κ1) is 30.4. The summed E-state index contributed by atoms with van der Waals surface area (Å²) in [6.45, 7) is 2.40. The van der Waals surface area contributed by atoms with Gasteiger partial charge in [0.25, 0.3) is 0 Å². The minimum absolute atomic E-state index is 0.108. The fourth-order valence-electron chi connectivity index (χ4n) is 4.84. The molecule has 1 atom stereocenters. The number of cyclic esters (lactones) is 1. The lowest BCUT2D eigenvalue weighted by Gasteiger charge is -2.21. The number of carbonyl (C=O) groups excluding carboxylic acids is 2. The number of ether oxygens (including phenoxy) is 1. The Morgan fingerprint density at radius 1 is 1.10 bits per heavy atom. The van der Waals surface area contributed by atoms with Crippen LogP contribution in [0.25, 0.3) is 0 Å². The Labute approximate surface area is 234 Å². The van der Waals surface area contributed by atoms with Crippen LogP contribution in [0.4, 0.5) is 13.2 Å². The van der Waals surface area contributed by atoms with Crippen LogP contribution in [0.15, 0.2) is 40.8 Å². The number of rotatable bonds is 9. The number of aryl methyl sites for hydroxylation is 1. The van der Waals surface area contributed by atoms with Gasteiger partial charge in [0.2, 0.25) is 0 Å². The minimum atomic E-state index is -6.25. The van der Waals surface area contributed by atoms with Gasteiger partial charge in [-0.1, -0.05) is 29.3 Å². The van der Waals surface area contributed by atoms with Crippen LogP contribution >= 0.6 is 0 Å². The Kier molecular flexibility index (Phi) is 8.15. The number of carboxylic acids is 1. The summed E-state index contributed by atoms with van der Waals surface area (Å²) >= 11 is 0. The van der Waals surface area contributed by atoms with E-state index >= 15 is 0 Å². The number of fused-ring (bicyclic) bond motifs is 1. The second kappa shape index (κ2) is 11.0. The summed E-state index contributed by atoms with van der Waals surface area (Å²) in [5, 5.41) is 11.2. The van der Waals surface area contributed by atoms with E-state index in [0.29, 0.717) is 30.4 Å². The summed E-state index contributed by atoms with van der Waals surface area (Å²) in [5.74, 6) is -4.42. The van der Waals surface area contributed by atoms with Crippen LogP contribution in [0.3, 0.4) is 0 Å². The Morgan fingerprint density at radius 2 is 1.76 bits per heavy atom. The third-order valence-corrected chi connectivity index (χ3v) is 9.11. The molecule has 1 heterocycles. The SMILES string of the molecule is Cc1ccc(S(=O)(=O)Oc2c(C/C=C3\CCCC3CC(=O)[O-])c(OS(=O)(=O)C(F)(F)F)c(C)c3c2C(=O)OC3)cc1. The number of allylic oxidation sites excluding steroid dienone is 2. The molecule has 15 heteroatoms. The van der Waals surface area contributed by atoms with E-state index in [1.165, 1.54) is 37.3 Å². The molecule has 0 N–H and O–H groups in total. The quantitative estimate of drug-likeness (QED) is 0.177. The van der Waals surface area contributed by atoms with Crippen molar-refractivity contribution in [3.8, 4) is 11.5 Å². The average Bonchev–Trinajstić information content (AvgIpc) is 3.46. The molecule has 2 aromatic carbocycles. The lowest BCUT2D eigenvalue weighted by molar-refractivity contribution is -0.306. The Bertz CT molecular complexity index is 1640. The van der Waals surface area contributed by atoms with Gasteiger partial charge in [0, 0.05) is 22.7 Å². The molecular formula is C26H24F3O10S2-. The van der Waals surface area contributed by atoms with E-state index in [-0.39, 0.29) is 22.4 Å². The molecule has 1 aliphatic heterocycles. The molecule has 1 unspecified atom stereocenters. The molecule has 222 valence electrons. The van der Waals surface area contributed by atoms with Crippen molar-refractivity contribution in [3.63, 3.8) is 0 Å². The predicted molar refractivity (Wildman–Crippen MR) is 134 cm³/mol. The molecule has 41 heavy (non-hydrogen) atoms. The highest BCUT2D eigenvalue weighted by molar-refractivity contribution is 7.88. The maximum atomic E-state index is 13.4. The maximum absolute atomic E-state index is 13.4. The van der Waals surface area contributed by atoms with E-state index < -0.39 is 79.3 Å². The minimum Gasteiger partial charge on any atom is -0.550 e. The number of esters is 1. The topological polar surface area (TPSA) is 153 Å². The summed E-state index contributed by atoms with van der Waals surface area (Å²) in [6.07, 6.45) is 2.20. The van der Waals surface area contributed by atoms with Gasteiger partial charge in [0.15, 0.2) is 11.5 Å². The molecular weight excluding hydrogens is 593 g/mol. The first-order valence-corrected chi connectivity index (χ1v) is 15.1. The van der Waals surface area contributed by atoms with Crippen molar-refractivity contribution in [3.05, 3.63) is 63.7 Å². The number of aliphatic carboxylic acids is 1. The molecule has 0 spiro atoms. The Morgan fingerprint density at radius 3 is 2.37 bits per heavy atom. The zero-order chi connectivity index (χ0) is 30.3. The monoisotopic (exact) mass is 617 g/mol. The third-order valence-electron chi connectivity index (χ3n) is 6.93. The van der Waals surface area contributed by atoms with Crippen molar-refractivity contribution in [1.29, 1.82) is 0 Å². The molecule has 0 amide bonds. The van der Waals surface area contributed by atoms with Gasteiger partial charge in [-0.3, -0.25) is 0 Å². The fourth-order valence-corrected chi connectivity index (χ4v) is 6.34. The van der Waals surface area contributed by atoms with Gasteiger partial charge in [-0.25, -0.2) is 4.79 Å². The number of carboxylic acid groups (broad SMARTS) is 1. The van der Waals surface area contributed by atoms with Crippen LogP contribution in [0, 0.1) is 19.8 Å². The fraction of sp³-hybridized carbons (Fsp3) is 0.385. The second-order valence-electron chi connectivity index (χ2n) is 9.67. The summed E-state index contributed by atoms with van der Waals surface area (Å²) < 4.78 is 106. The van der Waals surface area contributed by atoms with E-state index in [9.17, 15) is 44.7 Å². The summed E-state index contributed by atoms with van der Waals surface area (Å²) in [7, 11) is -11.0. The number of halogens is 3. The molecule has 0 aromatic heterocycles. The van der Waals surface area contributed by atoms with Crippen molar-refractivity contribution in [2.45, 2.75) is 63.0 Å². The summed E-state index contributed by atoms with van der Waals surface area (Å²) in [5.41, 5.74) is -5.72. The zero-order valence-corrected chi connectivity index (χ0v) is 23.4. The summed E-state index contributed by atoms with van der Waals surface area (Å²) in [6, 6.07) is 5.37. The van der Waals surface area contributed by atoms with E-state index in [2.05, 4.69) is 4.18 Å². The van der Waals surface area contributed by atoms with Gasteiger partial charge in [-0.15, -0.1) is 0 Å². The number of alkyl halides is 3. The molecule has 2 aromatic rings. The first-order valence-electron chi connectivity index (χ1n) is 12.3. The molecule has 10 nitrogen and oxygen atoms in total. The van der Waals surface area contributed by atoms with Crippen LogP contribution in [-0.4, -0.2) is 34.3 Å². The van der Waals surface area contributed by atoms with Gasteiger partial charge >= 0.3 is 31.7 Å². The highest BCUT2D eigenvalue weighted by atomic mass is 32.2. The average molecular weight is 618 g/mol. The smallest absolute Gasteiger partial charge is 0.534 e. The second-order valence-corrected chi connectivity index (χ2v) is 12.8. The Balaban J connectivity index is 1.94. The standard InChI is InChI=1S/C26H25F3O10S2/c1-14-6-9-18(10-7-14)40(33,34)38-24-19(11-8-16-4-3-5-17(16)12-21(30)31)23(39-41(35,36)26(27,28)29)15(2)20-13-37-25(32)22(20)24/h6-10,17H,3-5,11-13H2,1-2H3,(H,30,31)/p-1/b16-8+. The number of benzene rings is 2. The van der Waals surface area contributed by atoms with Crippen molar-refractivity contribution in [2.24, 2.45) is 5.92 Å². The van der Waals surface area contributed by atoms with Crippen LogP contribution < -0.4 is 13.5 Å². The van der Waals surface area contributed by atoms with Crippen LogP contribution in [0.1, 0.15) is 58.3 Å². The number of hydrogen-bond acceptors (Lipinski definition) is 10. The van der Waals surface area contributed by atoms with Crippen molar-refractivity contribution in [2.75, 3.05) is 0 Å². The van der Waals surface area contributed by atoms with Gasteiger partial charge in [-0.2, -0.15) is 30.0 Å². The van der Waals surface area contributed by atoms with Crippen LogP contribution in [-0.2, 0) is 42.8 Å². The number of hydrogen-bond donors (Lipinski definition) is 0. The predicted octanol–water partition coefficient (Wildman–Crippen LogP) is 3.38. The molecule has 0 saturated heterocycles. The molecule has 1 saturated carbocycles. The molecule has 1 fully saturated rings. The highest BCUT2D eigenvalue weighted by Gasteiger charge is 2.50. The lowest BCUT2D eigenvalue weighted by Crippen LogP contribution is -2.29. The van der Waals surface area contributed by atoms with Crippen molar-refractivity contribution < 1.29 is 57.8 Å². The molecule has 4 rings (SSSR count). The van der Waals surface area contributed by atoms with Gasteiger partial charge in [0.1, 0.15) is 17.1 Å². The van der Waals surface area contributed by atoms with Crippen LogP contribution in [0.5, 0.6) is 11.5 Å². The third kappa shape index (κ3) is 6.20. The van der Waals surface area contributed by atoms with E-state index in [0.717, 1.165) is 0 Å². The van der Waals surface area contributed by atoms with E-state index in [1.54, 1.807) is 6.92 Å². The largest absolute Gasteiger partial charge is 0.550 e. The normalized spacial score (nSPS) is 18.3. The molecule has 2 aliphatic rings. The van der Waals surface area contributed by atoms with Crippen molar-refractivity contribution >= 4 is 32.2 Å². The number of carbonyl (C=O) groups is 2. The van der Waals surface area contributed by atoms with Crippen LogP contribution in [0.2, 0.25) is 0 Å².